The molecule has 2 aromatic rings. The molecule has 0 aromatic heterocycles. The monoisotopic (exact) mass is 448 g/mol. The summed E-state index contributed by atoms with van der Waals surface area (Å²) >= 11 is 0. The smallest absolute Gasteiger partial charge is 0.232 e. The number of primary amides is 1. The third-order valence-corrected chi connectivity index (χ3v) is 7.68. The van der Waals surface area contributed by atoms with Gasteiger partial charge in [-0.1, -0.05) is 73.5 Å². The third kappa shape index (κ3) is 4.85. The lowest BCUT2D eigenvalue weighted by Crippen LogP contribution is -2.62. The Bertz CT molecular complexity index is 902. The Morgan fingerprint density at radius 3 is 2.12 bits per heavy atom. The Balaban J connectivity index is 1.55. The van der Waals surface area contributed by atoms with Gasteiger partial charge in [-0.15, -0.1) is 0 Å². The zero-order chi connectivity index (χ0) is 23.3. The summed E-state index contributed by atoms with van der Waals surface area (Å²) in [5.74, 6) is 0.00656. The summed E-state index contributed by atoms with van der Waals surface area (Å²) in [6.45, 7) is 3.91. The summed E-state index contributed by atoms with van der Waals surface area (Å²) in [7, 11) is 0. The van der Waals surface area contributed by atoms with Crippen molar-refractivity contribution in [1.29, 1.82) is 0 Å². The number of allylic oxidation sites excluding steroid dienone is 1. The molecule has 176 valence electrons. The Morgan fingerprint density at radius 1 is 1.09 bits per heavy atom. The van der Waals surface area contributed by atoms with E-state index in [1.165, 1.54) is 12.8 Å². The summed E-state index contributed by atoms with van der Waals surface area (Å²) in [5.41, 5.74) is 7.37. The summed E-state index contributed by atoms with van der Waals surface area (Å²) in [6.07, 6.45) is 8.23. The number of amides is 1. The maximum absolute atomic E-state index is 13.2. The summed E-state index contributed by atoms with van der Waals surface area (Å²) in [4.78, 5) is 15.7. The number of carbonyl (C=O) groups excluding carboxylic acids is 1. The van der Waals surface area contributed by atoms with Crippen molar-refractivity contribution in [2.75, 3.05) is 19.7 Å². The molecule has 1 aliphatic carbocycles. The molecule has 4 rings (SSSR count). The van der Waals surface area contributed by atoms with Crippen LogP contribution in [0.25, 0.3) is 0 Å². The molecule has 0 radical (unpaired) electrons. The molecule has 5 heteroatoms. The molecule has 1 saturated carbocycles. The van der Waals surface area contributed by atoms with Crippen LogP contribution >= 0.6 is 0 Å². The average molecular weight is 449 g/mol. The van der Waals surface area contributed by atoms with Gasteiger partial charge in [-0.3, -0.25) is 9.69 Å². The highest BCUT2D eigenvalue weighted by Crippen LogP contribution is 2.46. The predicted molar refractivity (Wildman–Crippen MR) is 131 cm³/mol. The highest BCUT2D eigenvalue weighted by Gasteiger charge is 2.48. The van der Waals surface area contributed by atoms with Gasteiger partial charge in [0.1, 0.15) is 0 Å². The second-order valence-corrected chi connectivity index (χ2v) is 9.64. The van der Waals surface area contributed by atoms with Crippen molar-refractivity contribution in [3.63, 3.8) is 0 Å². The first-order chi connectivity index (χ1) is 16.0. The van der Waals surface area contributed by atoms with Gasteiger partial charge in [-0.2, -0.15) is 0 Å². The van der Waals surface area contributed by atoms with E-state index in [0.717, 1.165) is 43.5 Å². The molecule has 0 atom stereocenters. The lowest BCUT2D eigenvalue weighted by atomic mass is 9.68. The van der Waals surface area contributed by atoms with Gasteiger partial charge in [0.25, 0.3) is 0 Å². The SMILES string of the molecule is C/C(O)=C\COC1CN(C2(CCC(C(N)=O)(c3ccccc3)c3ccccc3)CCCC2)C1. The predicted octanol–water partition coefficient (Wildman–Crippen LogP) is 4.71. The Morgan fingerprint density at radius 2 is 1.64 bits per heavy atom. The molecule has 2 fully saturated rings. The van der Waals surface area contributed by atoms with E-state index >= 15 is 0 Å². The van der Waals surface area contributed by atoms with Crippen molar-refractivity contribution in [2.45, 2.75) is 62.5 Å². The summed E-state index contributed by atoms with van der Waals surface area (Å²) in [5, 5.41) is 9.33. The molecule has 5 nitrogen and oxygen atoms in total. The lowest BCUT2D eigenvalue weighted by molar-refractivity contribution is -0.123. The van der Waals surface area contributed by atoms with Crippen LogP contribution in [0, 0.1) is 0 Å². The normalized spacial score (nSPS) is 19.4. The van der Waals surface area contributed by atoms with Gasteiger partial charge in [0.2, 0.25) is 5.91 Å². The number of nitrogens with two attached hydrogens (primary N) is 1. The van der Waals surface area contributed by atoms with Crippen LogP contribution in [0.1, 0.15) is 56.6 Å². The minimum absolute atomic E-state index is 0.0901. The van der Waals surface area contributed by atoms with E-state index in [1.54, 1.807) is 13.0 Å². The average Bonchev–Trinajstić information content (AvgIpc) is 3.26. The molecule has 1 saturated heterocycles. The lowest BCUT2D eigenvalue weighted by Gasteiger charge is -2.51. The van der Waals surface area contributed by atoms with E-state index in [0.29, 0.717) is 18.8 Å². The number of nitrogens with zero attached hydrogens (tertiary/aromatic N) is 1. The molecule has 1 heterocycles. The Hall–Kier alpha value is -2.63. The van der Waals surface area contributed by atoms with Crippen LogP contribution in [0.15, 0.2) is 72.5 Å². The number of ether oxygens (including phenoxy) is 1. The minimum Gasteiger partial charge on any atom is -0.513 e. The zero-order valence-electron chi connectivity index (χ0n) is 19.6. The largest absolute Gasteiger partial charge is 0.513 e. The molecule has 2 aliphatic rings. The van der Waals surface area contributed by atoms with Crippen LogP contribution in [0.5, 0.6) is 0 Å². The van der Waals surface area contributed by atoms with Gasteiger partial charge in [0.15, 0.2) is 0 Å². The topological polar surface area (TPSA) is 75.8 Å². The molecule has 0 unspecified atom stereocenters. The van der Waals surface area contributed by atoms with Crippen molar-refractivity contribution in [2.24, 2.45) is 5.73 Å². The maximum atomic E-state index is 13.2. The van der Waals surface area contributed by atoms with Crippen molar-refractivity contribution in [1.82, 2.24) is 4.90 Å². The number of hydrogen-bond donors (Lipinski definition) is 2. The summed E-state index contributed by atoms with van der Waals surface area (Å²) in [6, 6.07) is 20.0. The van der Waals surface area contributed by atoms with Crippen LogP contribution in [-0.2, 0) is 14.9 Å². The van der Waals surface area contributed by atoms with Crippen LogP contribution in [0.3, 0.4) is 0 Å². The van der Waals surface area contributed by atoms with Crippen molar-refractivity contribution >= 4 is 5.91 Å². The van der Waals surface area contributed by atoms with Crippen LogP contribution in [0.4, 0.5) is 0 Å². The first-order valence-electron chi connectivity index (χ1n) is 12.1. The van der Waals surface area contributed by atoms with Crippen molar-refractivity contribution < 1.29 is 14.6 Å². The number of aliphatic hydroxyl groups is 1. The number of aliphatic hydroxyl groups excluding tert-OH is 1. The standard InChI is InChI=1S/C28H36N2O3/c1-22(31)14-19-33-25-20-30(21-25)27(15-8-9-16-27)17-18-28(26(29)32,23-10-4-2-5-11-23)24-12-6-3-7-13-24/h2-7,10-14,25,31H,8-9,15-21H2,1H3,(H2,29,32)/b22-14+. The molecule has 3 N–H and O–H groups in total. The highest BCUT2D eigenvalue weighted by molar-refractivity contribution is 5.90. The zero-order valence-corrected chi connectivity index (χ0v) is 19.6. The molecule has 1 amide bonds. The fraction of sp³-hybridized carbons (Fsp3) is 0.464. The highest BCUT2D eigenvalue weighted by atomic mass is 16.5. The number of carbonyl (C=O) groups is 1. The van der Waals surface area contributed by atoms with Gasteiger partial charge < -0.3 is 15.6 Å². The second kappa shape index (κ2) is 10.1. The summed E-state index contributed by atoms with van der Waals surface area (Å²) < 4.78 is 5.89. The van der Waals surface area contributed by atoms with Crippen LogP contribution in [-0.4, -0.2) is 47.3 Å². The van der Waals surface area contributed by atoms with E-state index in [-0.39, 0.29) is 17.6 Å². The number of likely N-dealkylation sites (tertiary alicyclic amines) is 1. The number of hydrogen-bond acceptors (Lipinski definition) is 4. The van der Waals surface area contributed by atoms with Gasteiger partial charge in [0, 0.05) is 18.6 Å². The Labute approximate surface area is 197 Å². The first-order valence-corrected chi connectivity index (χ1v) is 12.1. The van der Waals surface area contributed by atoms with Crippen LogP contribution < -0.4 is 5.73 Å². The van der Waals surface area contributed by atoms with E-state index in [1.807, 2.05) is 60.7 Å². The molecule has 0 bridgehead atoms. The maximum Gasteiger partial charge on any atom is 0.232 e. The first kappa shape index (κ1) is 23.5. The van der Waals surface area contributed by atoms with Crippen LogP contribution in [0.2, 0.25) is 0 Å². The molecular weight excluding hydrogens is 412 g/mol. The third-order valence-electron chi connectivity index (χ3n) is 7.68. The van der Waals surface area contributed by atoms with Gasteiger partial charge in [-0.25, -0.2) is 0 Å². The number of rotatable bonds is 10. The van der Waals surface area contributed by atoms with Crippen molar-refractivity contribution in [3.05, 3.63) is 83.6 Å². The quantitative estimate of drug-likeness (QED) is 0.516. The fourth-order valence-corrected chi connectivity index (χ4v) is 5.72. The van der Waals surface area contributed by atoms with Crippen molar-refractivity contribution in [3.8, 4) is 0 Å². The Kier molecular flexibility index (Phi) is 7.20. The fourth-order valence-electron chi connectivity index (χ4n) is 5.72. The van der Waals surface area contributed by atoms with E-state index in [9.17, 15) is 9.90 Å². The minimum atomic E-state index is -0.845. The molecule has 1 aliphatic heterocycles. The molecule has 0 spiro atoms. The van der Waals surface area contributed by atoms with E-state index in [4.69, 9.17) is 10.5 Å². The molecule has 2 aromatic carbocycles. The van der Waals surface area contributed by atoms with Gasteiger partial charge in [-0.05, 0) is 49.8 Å². The van der Waals surface area contributed by atoms with Gasteiger partial charge >= 0.3 is 0 Å². The van der Waals surface area contributed by atoms with Gasteiger partial charge in [0.05, 0.1) is 23.9 Å². The second-order valence-electron chi connectivity index (χ2n) is 9.64. The van der Waals surface area contributed by atoms with E-state index < -0.39 is 5.41 Å². The number of benzene rings is 2. The molecular formula is C28H36N2O3. The van der Waals surface area contributed by atoms with E-state index in [2.05, 4.69) is 4.90 Å². The molecule has 33 heavy (non-hydrogen) atoms.